The number of fused-ring (bicyclic) bond motifs is 1. The molecule has 1 aromatic heterocycles. The van der Waals surface area contributed by atoms with Crippen LogP contribution in [0.1, 0.15) is 5.56 Å². The molecule has 0 radical (unpaired) electrons. The van der Waals surface area contributed by atoms with Crippen molar-refractivity contribution in [2.45, 2.75) is 6.92 Å². The fourth-order valence-corrected chi connectivity index (χ4v) is 7.88. The average molecular weight is 759 g/mol. The predicted octanol–water partition coefficient (Wildman–Crippen LogP) is 13.9. The molecule has 0 N–H and O–H groups in total. The molecule has 1 aliphatic rings. The van der Waals surface area contributed by atoms with Crippen molar-refractivity contribution in [1.82, 2.24) is 15.0 Å². The van der Waals surface area contributed by atoms with Crippen LogP contribution in [0.5, 0.6) is 5.75 Å². The lowest BCUT2D eigenvalue weighted by Crippen LogP contribution is -2.14. The van der Waals surface area contributed by atoms with Gasteiger partial charge in [0.25, 0.3) is 0 Å². The molecule has 280 valence electrons. The number of aryl methyl sites for hydroxylation is 1. The summed E-state index contributed by atoms with van der Waals surface area (Å²) in [6, 6.07) is 69.3. The van der Waals surface area contributed by atoms with Crippen molar-refractivity contribution in [1.29, 1.82) is 0 Å². The minimum Gasteiger partial charge on any atom is -0.439 e. The summed E-state index contributed by atoms with van der Waals surface area (Å²) >= 11 is 0. The summed E-state index contributed by atoms with van der Waals surface area (Å²) in [4.78, 5) is 17.4. The molecule has 0 saturated carbocycles. The van der Waals surface area contributed by atoms with Crippen LogP contribution in [0.4, 0.5) is 11.4 Å². The zero-order valence-corrected chi connectivity index (χ0v) is 32.5. The highest BCUT2D eigenvalue weighted by Gasteiger charge is 2.29. The largest absolute Gasteiger partial charge is 0.439 e. The highest BCUT2D eigenvalue weighted by atomic mass is 16.5. The first-order valence-corrected chi connectivity index (χ1v) is 19.7. The van der Waals surface area contributed by atoms with E-state index >= 15 is 0 Å². The Kier molecular flexibility index (Phi) is 9.16. The third-order valence-electron chi connectivity index (χ3n) is 10.8. The van der Waals surface area contributed by atoms with Crippen molar-refractivity contribution in [3.8, 4) is 84.4 Å². The molecule has 8 aromatic carbocycles. The van der Waals surface area contributed by atoms with E-state index in [1.165, 1.54) is 0 Å². The van der Waals surface area contributed by atoms with E-state index in [-0.39, 0.29) is 0 Å². The number of rotatable bonds is 8. The molecule has 0 fully saturated rings. The van der Waals surface area contributed by atoms with Crippen LogP contribution in [-0.4, -0.2) is 15.0 Å². The highest BCUT2D eigenvalue weighted by molar-refractivity contribution is 5.98. The maximum Gasteiger partial charge on any atom is 0.197 e. The summed E-state index contributed by atoms with van der Waals surface area (Å²) in [5.41, 5.74) is 14.5. The molecular formula is C54H38N4O. The number of nitrogens with zero attached hydrogens (tertiary/aromatic N) is 4. The Labute approximate surface area is 344 Å². The molecule has 9 aromatic rings. The summed E-state index contributed by atoms with van der Waals surface area (Å²) in [5, 5.41) is 0. The van der Waals surface area contributed by atoms with Gasteiger partial charge in [0.15, 0.2) is 29.1 Å². The van der Waals surface area contributed by atoms with Crippen LogP contribution in [0, 0.1) is 6.92 Å². The Hall–Kier alpha value is -7.89. The normalized spacial score (nSPS) is 11.9. The third kappa shape index (κ3) is 6.85. The lowest BCUT2D eigenvalue weighted by Gasteiger charge is -2.23. The highest BCUT2D eigenvalue weighted by Crippen LogP contribution is 2.49. The van der Waals surface area contributed by atoms with Crippen LogP contribution in [0.2, 0.25) is 0 Å². The first-order valence-electron chi connectivity index (χ1n) is 19.7. The van der Waals surface area contributed by atoms with Crippen LogP contribution in [0.3, 0.4) is 0 Å². The SMILES string of the molecule is C=C1Oc2ccc(-c3ccccc3)cc2N1c1cc(-c2c(-c3ccccc3)cc(-c3nc(-c4ccccc4)nc(-c4ccccc4)n3)cc2-c2ccccc2)ccc1C. The third-order valence-corrected chi connectivity index (χ3v) is 10.8. The molecule has 0 saturated heterocycles. The van der Waals surface area contributed by atoms with Crippen molar-refractivity contribution in [2.75, 3.05) is 4.90 Å². The summed E-state index contributed by atoms with van der Waals surface area (Å²) in [5.74, 6) is 3.17. The van der Waals surface area contributed by atoms with Gasteiger partial charge in [-0.1, -0.05) is 170 Å². The summed E-state index contributed by atoms with van der Waals surface area (Å²) < 4.78 is 6.31. The first kappa shape index (κ1) is 35.5. The second-order valence-corrected chi connectivity index (χ2v) is 14.6. The lowest BCUT2D eigenvalue weighted by atomic mass is 9.85. The first-order chi connectivity index (χ1) is 29.1. The summed E-state index contributed by atoms with van der Waals surface area (Å²) in [6.07, 6.45) is 0. The van der Waals surface area contributed by atoms with E-state index in [2.05, 4.69) is 146 Å². The molecular weight excluding hydrogens is 721 g/mol. The van der Waals surface area contributed by atoms with E-state index in [0.29, 0.717) is 23.4 Å². The van der Waals surface area contributed by atoms with Gasteiger partial charge in [0.05, 0.1) is 11.4 Å². The molecule has 0 aliphatic carbocycles. The van der Waals surface area contributed by atoms with Crippen molar-refractivity contribution in [3.63, 3.8) is 0 Å². The molecule has 0 spiro atoms. The van der Waals surface area contributed by atoms with Crippen LogP contribution < -0.4 is 9.64 Å². The van der Waals surface area contributed by atoms with Crippen LogP contribution in [0.15, 0.2) is 213 Å². The van der Waals surface area contributed by atoms with Gasteiger partial charge in [-0.05, 0) is 93.9 Å². The van der Waals surface area contributed by atoms with Gasteiger partial charge in [0, 0.05) is 16.7 Å². The Morgan fingerprint density at radius 2 is 0.814 bits per heavy atom. The fraction of sp³-hybridized carbons (Fsp3) is 0.0185. The number of hydrogen-bond acceptors (Lipinski definition) is 5. The van der Waals surface area contributed by atoms with Crippen molar-refractivity contribution in [3.05, 3.63) is 218 Å². The van der Waals surface area contributed by atoms with E-state index in [1.807, 2.05) is 72.8 Å². The smallest absolute Gasteiger partial charge is 0.197 e. The summed E-state index contributed by atoms with van der Waals surface area (Å²) in [6.45, 7) is 6.53. The van der Waals surface area contributed by atoms with E-state index < -0.39 is 0 Å². The van der Waals surface area contributed by atoms with Gasteiger partial charge in [0.1, 0.15) is 0 Å². The van der Waals surface area contributed by atoms with Crippen molar-refractivity contribution >= 4 is 11.4 Å². The van der Waals surface area contributed by atoms with Gasteiger partial charge in [-0.15, -0.1) is 0 Å². The van der Waals surface area contributed by atoms with E-state index in [9.17, 15) is 0 Å². The Balaban J connectivity index is 1.20. The Morgan fingerprint density at radius 3 is 1.32 bits per heavy atom. The minimum atomic E-state index is 0.561. The van der Waals surface area contributed by atoms with Crippen molar-refractivity contribution < 1.29 is 4.74 Å². The topological polar surface area (TPSA) is 51.1 Å². The second-order valence-electron chi connectivity index (χ2n) is 14.6. The van der Waals surface area contributed by atoms with Gasteiger partial charge in [-0.25, -0.2) is 15.0 Å². The van der Waals surface area contributed by atoms with Gasteiger partial charge in [0.2, 0.25) is 0 Å². The standard InChI is InChI=1S/C54H38N4O/c1-36-28-29-44(35-48(36)58-37(2)59-50-31-30-43(34-49(50)58)38-18-8-3-9-19-38)51-46(39-20-10-4-11-21-39)32-45(33-47(51)40-22-12-5-13-23-40)54-56-52(41-24-14-6-15-25-41)55-53(57-54)42-26-16-7-17-27-42/h3-35H,2H2,1H3. The number of benzene rings is 8. The Morgan fingerprint density at radius 1 is 0.390 bits per heavy atom. The second kappa shape index (κ2) is 15.2. The van der Waals surface area contributed by atoms with Gasteiger partial charge < -0.3 is 4.74 Å². The van der Waals surface area contributed by atoms with Gasteiger partial charge >= 0.3 is 0 Å². The van der Waals surface area contributed by atoms with Crippen LogP contribution in [0.25, 0.3) is 78.7 Å². The number of hydrogen-bond donors (Lipinski definition) is 0. The van der Waals surface area contributed by atoms with Crippen LogP contribution in [-0.2, 0) is 0 Å². The quantitative estimate of drug-likeness (QED) is 0.154. The van der Waals surface area contributed by atoms with E-state index in [0.717, 1.165) is 83.9 Å². The molecule has 1 aliphatic heterocycles. The number of ether oxygens (including phenoxy) is 1. The van der Waals surface area contributed by atoms with E-state index in [4.69, 9.17) is 19.7 Å². The average Bonchev–Trinajstić information content (AvgIpc) is 3.64. The molecule has 5 heteroatoms. The Bertz CT molecular complexity index is 2850. The van der Waals surface area contributed by atoms with Gasteiger partial charge in [-0.3, -0.25) is 4.90 Å². The zero-order chi connectivity index (χ0) is 39.7. The summed E-state index contributed by atoms with van der Waals surface area (Å²) in [7, 11) is 0. The minimum absolute atomic E-state index is 0.561. The fourth-order valence-electron chi connectivity index (χ4n) is 7.88. The molecule has 0 unspecified atom stereocenters. The van der Waals surface area contributed by atoms with Crippen molar-refractivity contribution in [2.24, 2.45) is 0 Å². The molecule has 0 amide bonds. The molecule has 10 rings (SSSR count). The van der Waals surface area contributed by atoms with E-state index in [1.54, 1.807) is 0 Å². The zero-order valence-electron chi connectivity index (χ0n) is 32.5. The molecule has 59 heavy (non-hydrogen) atoms. The molecule has 0 atom stereocenters. The number of anilines is 2. The monoisotopic (exact) mass is 758 g/mol. The lowest BCUT2D eigenvalue weighted by molar-refractivity contribution is 0.450. The van der Waals surface area contributed by atoms with Crippen LogP contribution >= 0.6 is 0 Å². The molecule has 2 heterocycles. The molecule has 5 nitrogen and oxygen atoms in total. The molecule has 0 bridgehead atoms. The number of aromatic nitrogens is 3. The predicted molar refractivity (Wildman–Crippen MR) is 241 cm³/mol. The maximum atomic E-state index is 6.31. The van der Waals surface area contributed by atoms with Gasteiger partial charge in [-0.2, -0.15) is 0 Å². The maximum absolute atomic E-state index is 6.31.